The summed E-state index contributed by atoms with van der Waals surface area (Å²) in [5.74, 6) is 0.720. The molecule has 0 spiro atoms. The molecule has 1 aliphatic heterocycles. The molecule has 1 aromatic rings. The molecule has 1 saturated heterocycles. The molecule has 0 atom stereocenters. The van der Waals surface area contributed by atoms with Crippen LogP contribution in [-0.4, -0.2) is 51.2 Å². The molecule has 5 aliphatic rings. The van der Waals surface area contributed by atoms with Gasteiger partial charge in [-0.25, -0.2) is 0 Å². The summed E-state index contributed by atoms with van der Waals surface area (Å²) >= 11 is 0. The van der Waals surface area contributed by atoms with E-state index in [0.29, 0.717) is 32.4 Å². The maximum atomic E-state index is 12.9. The van der Waals surface area contributed by atoms with Gasteiger partial charge >= 0.3 is 0 Å². The number of phenolic OH excluding ortho intramolecular Hbond substituents is 3. The first kappa shape index (κ1) is 20.5. The number of nitrogens with one attached hydrogen (secondary N) is 1. The lowest BCUT2D eigenvalue weighted by molar-refractivity contribution is -0.130. The van der Waals surface area contributed by atoms with Crippen molar-refractivity contribution in [1.29, 1.82) is 0 Å². The van der Waals surface area contributed by atoms with Gasteiger partial charge in [0.25, 0.3) is 5.91 Å². The van der Waals surface area contributed by atoms with E-state index in [0.717, 1.165) is 29.9 Å². The smallest absolute Gasteiger partial charge is 0.254 e. The molecular weight excluding hydrogens is 396 g/mol. The third-order valence-electron chi connectivity index (χ3n) is 8.16. The summed E-state index contributed by atoms with van der Waals surface area (Å²) in [6.07, 6.45) is 9.85. The third-order valence-corrected chi connectivity index (χ3v) is 8.16. The maximum absolute atomic E-state index is 12.9. The second kappa shape index (κ2) is 7.61. The number of carbonyl (C=O) groups is 2. The van der Waals surface area contributed by atoms with Crippen molar-refractivity contribution >= 4 is 11.8 Å². The van der Waals surface area contributed by atoms with E-state index in [-0.39, 0.29) is 28.8 Å². The van der Waals surface area contributed by atoms with Gasteiger partial charge in [0.05, 0.1) is 0 Å². The highest BCUT2D eigenvalue weighted by atomic mass is 16.3. The predicted octanol–water partition coefficient (Wildman–Crippen LogP) is 3.13. The molecule has 0 aromatic heterocycles. The first-order valence-corrected chi connectivity index (χ1v) is 11.6. The molecule has 168 valence electrons. The highest BCUT2D eigenvalue weighted by Gasteiger charge is 2.51. The second-order valence-electron chi connectivity index (χ2n) is 10.6. The number of phenols is 3. The Morgan fingerprint density at radius 2 is 1.45 bits per heavy atom. The number of amides is 2. The standard InChI is InChI=1S/C24H32N2O5/c27-19-8-17(9-20(28)22(19)30)23(31)26-3-1-18(2-4-26)25-21(29)13-24-10-14-5-15(11-24)7-16(6-14)12-24/h8-9,14-16,18,27-28,30H,1-7,10-13H2,(H,25,29). The number of benzene rings is 1. The van der Waals surface area contributed by atoms with Gasteiger partial charge in [-0.05, 0) is 86.7 Å². The van der Waals surface area contributed by atoms with Crippen molar-refractivity contribution in [3.8, 4) is 17.2 Å². The molecule has 1 heterocycles. The molecule has 31 heavy (non-hydrogen) atoms. The number of aromatic hydroxyl groups is 3. The molecule has 0 unspecified atom stereocenters. The van der Waals surface area contributed by atoms with Gasteiger partial charge in [0.2, 0.25) is 5.91 Å². The second-order valence-corrected chi connectivity index (χ2v) is 10.6. The predicted molar refractivity (Wildman–Crippen MR) is 114 cm³/mol. The van der Waals surface area contributed by atoms with Crippen LogP contribution in [0.25, 0.3) is 0 Å². The Labute approximate surface area is 182 Å². The van der Waals surface area contributed by atoms with Crippen LogP contribution < -0.4 is 5.32 Å². The molecule has 4 bridgehead atoms. The summed E-state index contributed by atoms with van der Waals surface area (Å²) in [6, 6.07) is 2.40. The zero-order valence-corrected chi connectivity index (χ0v) is 17.8. The number of hydrogen-bond acceptors (Lipinski definition) is 5. The van der Waals surface area contributed by atoms with Crippen molar-refractivity contribution in [2.45, 2.75) is 63.8 Å². The Kier molecular flexibility index (Phi) is 5.02. The van der Waals surface area contributed by atoms with Crippen molar-refractivity contribution in [3.63, 3.8) is 0 Å². The average Bonchev–Trinajstić information content (AvgIpc) is 2.70. The van der Waals surface area contributed by atoms with Gasteiger partial charge in [0.15, 0.2) is 17.2 Å². The Hall–Kier alpha value is -2.44. The molecule has 0 radical (unpaired) electrons. The number of hydrogen-bond donors (Lipinski definition) is 4. The number of nitrogens with zero attached hydrogens (tertiary/aromatic N) is 1. The summed E-state index contributed by atoms with van der Waals surface area (Å²) in [6.45, 7) is 1.01. The molecule has 4 aliphatic carbocycles. The normalized spacial score (nSPS) is 32.3. The molecule has 4 saturated carbocycles. The van der Waals surface area contributed by atoms with E-state index >= 15 is 0 Å². The van der Waals surface area contributed by atoms with Gasteiger partial charge in [0.1, 0.15) is 0 Å². The monoisotopic (exact) mass is 428 g/mol. The molecule has 4 N–H and O–H groups in total. The fraction of sp³-hybridized carbons (Fsp3) is 0.667. The molecular formula is C24H32N2O5. The van der Waals surface area contributed by atoms with Crippen molar-refractivity contribution in [2.24, 2.45) is 23.2 Å². The van der Waals surface area contributed by atoms with Crippen molar-refractivity contribution in [3.05, 3.63) is 17.7 Å². The lowest BCUT2D eigenvalue weighted by Crippen LogP contribution is -2.50. The molecule has 1 aromatic carbocycles. The first-order chi connectivity index (χ1) is 14.8. The van der Waals surface area contributed by atoms with Crippen LogP contribution in [0, 0.1) is 23.2 Å². The van der Waals surface area contributed by atoms with Crippen molar-refractivity contribution < 1.29 is 24.9 Å². The summed E-state index contributed by atoms with van der Waals surface area (Å²) < 4.78 is 0. The molecule has 7 nitrogen and oxygen atoms in total. The Bertz CT molecular complexity index is 832. The van der Waals surface area contributed by atoms with E-state index < -0.39 is 17.2 Å². The van der Waals surface area contributed by atoms with Gasteiger partial charge in [0, 0.05) is 31.1 Å². The summed E-state index contributed by atoms with van der Waals surface area (Å²) in [7, 11) is 0. The van der Waals surface area contributed by atoms with Crippen molar-refractivity contribution in [2.75, 3.05) is 13.1 Å². The zero-order chi connectivity index (χ0) is 21.8. The summed E-state index contributed by atoms with van der Waals surface area (Å²) in [5, 5.41) is 32.0. The molecule has 6 rings (SSSR count). The SMILES string of the molecule is O=C(CC12CC3CC(CC(C3)C1)C2)NC1CCN(C(=O)c2cc(O)c(O)c(O)c2)CC1. The number of piperidine rings is 1. The number of rotatable bonds is 4. The fourth-order valence-electron chi connectivity index (χ4n) is 7.26. The van der Waals surface area contributed by atoms with Gasteiger partial charge in [-0.3, -0.25) is 9.59 Å². The average molecular weight is 429 g/mol. The van der Waals surface area contributed by atoms with Gasteiger partial charge in [-0.2, -0.15) is 0 Å². The van der Waals surface area contributed by atoms with E-state index in [9.17, 15) is 24.9 Å². The Morgan fingerprint density at radius 1 is 0.935 bits per heavy atom. The third kappa shape index (κ3) is 3.94. The van der Waals surface area contributed by atoms with Crippen LogP contribution in [0.1, 0.15) is 68.1 Å². The quantitative estimate of drug-likeness (QED) is 0.551. The van der Waals surface area contributed by atoms with Gasteiger partial charge in [-0.15, -0.1) is 0 Å². The highest BCUT2D eigenvalue weighted by molar-refractivity contribution is 5.95. The van der Waals surface area contributed by atoms with E-state index in [4.69, 9.17) is 0 Å². The number of carbonyl (C=O) groups excluding carboxylic acids is 2. The summed E-state index contributed by atoms with van der Waals surface area (Å²) in [4.78, 5) is 27.2. The first-order valence-electron chi connectivity index (χ1n) is 11.6. The maximum Gasteiger partial charge on any atom is 0.254 e. The molecule has 7 heteroatoms. The van der Waals surface area contributed by atoms with E-state index in [1.807, 2.05) is 0 Å². The minimum absolute atomic E-state index is 0.0760. The van der Waals surface area contributed by atoms with Crippen LogP contribution in [-0.2, 0) is 4.79 Å². The lowest BCUT2D eigenvalue weighted by Gasteiger charge is -2.56. The van der Waals surface area contributed by atoms with Crippen LogP contribution in [0.5, 0.6) is 17.2 Å². The van der Waals surface area contributed by atoms with E-state index in [1.165, 1.54) is 38.5 Å². The van der Waals surface area contributed by atoms with Gasteiger partial charge < -0.3 is 25.5 Å². The lowest BCUT2D eigenvalue weighted by atomic mass is 9.49. The van der Waals surface area contributed by atoms with Crippen LogP contribution in [0.2, 0.25) is 0 Å². The van der Waals surface area contributed by atoms with E-state index in [2.05, 4.69) is 5.32 Å². The Balaban J connectivity index is 1.13. The number of likely N-dealkylation sites (tertiary alicyclic amines) is 1. The topological polar surface area (TPSA) is 110 Å². The molecule has 5 fully saturated rings. The van der Waals surface area contributed by atoms with Crippen LogP contribution in [0.4, 0.5) is 0 Å². The highest BCUT2D eigenvalue weighted by Crippen LogP contribution is 2.61. The zero-order valence-electron chi connectivity index (χ0n) is 17.8. The van der Waals surface area contributed by atoms with Crippen LogP contribution in [0.3, 0.4) is 0 Å². The largest absolute Gasteiger partial charge is 0.504 e. The van der Waals surface area contributed by atoms with Crippen LogP contribution >= 0.6 is 0 Å². The minimum Gasteiger partial charge on any atom is -0.504 e. The fourth-order valence-corrected chi connectivity index (χ4v) is 7.26. The van der Waals surface area contributed by atoms with Crippen molar-refractivity contribution in [1.82, 2.24) is 10.2 Å². The van der Waals surface area contributed by atoms with E-state index in [1.54, 1.807) is 4.90 Å². The van der Waals surface area contributed by atoms with Gasteiger partial charge in [-0.1, -0.05) is 0 Å². The minimum atomic E-state index is -0.628. The molecule has 2 amide bonds. The Morgan fingerprint density at radius 3 is 1.97 bits per heavy atom. The van der Waals surface area contributed by atoms with Crippen LogP contribution in [0.15, 0.2) is 12.1 Å². The summed E-state index contributed by atoms with van der Waals surface area (Å²) in [5.41, 5.74) is 0.371.